The first-order valence-electron chi connectivity index (χ1n) is 13.2. The van der Waals surface area contributed by atoms with Crippen molar-refractivity contribution < 1.29 is 33.4 Å². The number of nitrogens with one attached hydrogen (secondary N) is 2. The van der Waals surface area contributed by atoms with Crippen molar-refractivity contribution in [1.82, 2.24) is 20.4 Å². The fourth-order valence-electron chi connectivity index (χ4n) is 4.16. The highest BCUT2D eigenvalue weighted by atomic mass is 35.5. The molecule has 1 heterocycles. The fourth-order valence-corrected chi connectivity index (χ4v) is 4.16. The van der Waals surface area contributed by atoms with Gasteiger partial charge in [-0.2, -0.15) is 5.10 Å². The number of carbonyl (C=O) groups is 4. The van der Waals surface area contributed by atoms with E-state index in [0.717, 1.165) is 18.4 Å². The third-order valence-electron chi connectivity index (χ3n) is 6.25. The van der Waals surface area contributed by atoms with Crippen LogP contribution < -0.4 is 16.5 Å². The number of amides is 3. The summed E-state index contributed by atoms with van der Waals surface area (Å²) in [5.74, 6) is 3.91. The highest BCUT2D eigenvalue weighted by Crippen LogP contribution is 2.28. The van der Waals surface area contributed by atoms with Crippen LogP contribution in [0.2, 0.25) is 0 Å². The van der Waals surface area contributed by atoms with Gasteiger partial charge in [0.05, 0.1) is 32.2 Å². The van der Waals surface area contributed by atoms with Gasteiger partial charge in [-0.05, 0) is 25.3 Å². The molecule has 0 spiro atoms. The van der Waals surface area contributed by atoms with Crippen LogP contribution >= 0.6 is 12.4 Å². The molecule has 2 aliphatic rings. The first-order chi connectivity index (χ1) is 18.9. The lowest BCUT2D eigenvalue weighted by Crippen LogP contribution is -2.52. The lowest BCUT2D eigenvalue weighted by atomic mass is 10.1. The van der Waals surface area contributed by atoms with E-state index >= 15 is 0 Å². The molecule has 1 aliphatic carbocycles. The molecule has 1 unspecified atom stereocenters. The molecule has 13 nitrogen and oxygen atoms in total. The van der Waals surface area contributed by atoms with Crippen molar-refractivity contribution in [3.63, 3.8) is 0 Å². The molecule has 1 saturated carbocycles. The van der Waals surface area contributed by atoms with Gasteiger partial charge in [0.1, 0.15) is 19.0 Å². The molecule has 2 atom stereocenters. The number of nitrogens with two attached hydrogens (primary N) is 1. The first-order valence-corrected chi connectivity index (χ1v) is 13.2. The molecule has 3 rings (SSSR count). The van der Waals surface area contributed by atoms with Crippen LogP contribution in [0.3, 0.4) is 0 Å². The number of carbonyl (C=O) groups excluding carboxylic acids is 4. The quantitative estimate of drug-likeness (QED) is 0.0943. The lowest BCUT2D eigenvalue weighted by Gasteiger charge is -2.31. The van der Waals surface area contributed by atoms with E-state index in [2.05, 4.69) is 15.7 Å². The van der Waals surface area contributed by atoms with Crippen molar-refractivity contribution in [3.8, 4) is 0 Å². The van der Waals surface area contributed by atoms with E-state index in [-0.39, 0.29) is 63.7 Å². The smallest absolute Gasteiger partial charge is 0.408 e. The molecule has 1 aromatic rings. The molecule has 1 aromatic carbocycles. The van der Waals surface area contributed by atoms with E-state index in [4.69, 9.17) is 20.1 Å². The minimum Gasteiger partial charge on any atom is -0.466 e. The van der Waals surface area contributed by atoms with Gasteiger partial charge in [-0.25, -0.2) is 4.79 Å². The maximum atomic E-state index is 13.5. The van der Waals surface area contributed by atoms with E-state index in [1.807, 2.05) is 23.1 Å². The molecule has 14 heteroatoms. The second kappa shape index (κ2) is 17.2. The number of morpholine rings is 1. The molecule has 1 saturated heterocycles. The summed E-state index contributed by atoms with van der Waals surface area (Å²) < 4.78 is 16.0. The van der Waals surface area contributed by atoms with Crippen molar-refractivity contribution in [2.75, 3.05) is 39.4 Å². The molecule has 2 fully saturated rings. The molecule has 0 aromatic heterocycles. The Hall–Kier alpha value is -3.58. The van der Waals surface area contributed by atoms with Crippen LogP contribution in [0.15, 0.2) is 35.4 Å². The fraction of sp³-hybridized carbons (Fsp3) is 0.577. The SMILES string of the molecule is CCOC(=O)CCN(C(=O)C(CC(=O)NC[C@H]1CN(C=NN)CCO1)NC(=O)OCc1ccccc1)C1CC1.Cl. The summed E-state index contributed by atoms with van der Waals surface area (Å²) in [6.45, 7) is 3.91. The van der Waals surface area contributed by atoms with E-state index in [1.165, 1.54) is 6.34 Å². The van der Waals surface area contributed by atoms with Crippen molar-refractivity contribution >= 4 is 42.6 Å². The number of halogens is 1. The number of esters is 1. The Labute approximate surface area is 240 Å². The number of nitrogens with zero attached hydrogens (tertiary/aromatic N) is 3. The van der Waals surface area contributed by atoms with Crippen molar-refractivity contribution in [3.05, 3.63) is 35.9 Å². The Kier molecular flexibility index (Phi) is 14.0. The van der Waals surface area contributed by atoms with Gasteiger partial charge in [0.25, 0.3) is 0 Å². The summed E-state index contributed by atoms with van der Waals surface area (Å²) in [5.41, 5.74) is 0.781. The highest BCUT2D eigenvalue weighted by molar-refractivity contribution is 5.91. The molecule has 0 bridgehead atoms. The molecule has 4 N–H and O–H groups in total. The van der Waals surface area contributed by atoms with Crippen LogP contribution in [0.1, 0.15) is 38.2 Å². The largest absolute Gasteiger partial charge is 0.466 e. The maximum Gasteiger partial charge on any atom is 0.408 e. The Balaban J connectivity index is 0.00000560. The second-order valence-corrected chi connectivity index (χ2v) is 9.34. The number of rotatable bonds is 14. The van der Waals surface area contributed by atoms with Crippen molar-refractivity contribution in [1.29, 1.82) is 0 Å². The van der Waals surface area contributed by atoms with Gasteiger partial charge in [-0.15, -0.1) is 12.4 Å². The molecule has 222 valence electrons. The predicted molar refractivity (Wildman–Crippen MR) is 148 cm³/mol. The Morgan fingerprint density at radius 1 is 1.23 bits per heavy atom. The zero-order chi connectivity index (χ0) is 28.0. The van der Waals surface area contributed by atoms with E-state index < -0.39 is 29.9 Å². The lowest BCUT2D eigenvalue weighted by molar-refractivity contribution is -0.144. The van der Waals surface area contributed by atoms with Gasteiger partial charge in [-0.1, -0.05) is 30.3 Å². The van der Waals surface area contributed by atoms with Crippen LogP contribution in [0.5, 0.6) is 0 Å². The Bertz CT molecular complexity index is 995. The van der Waals surface area contributed by atoms with E-state index in [1.54, 1.807) is 24.0 Å². The number of hydrogen-bond acceptors (Lipinski definition) is 9. The van der Waals surface area contributed by atoms with Crippen molar-refractivity contribution in [2.45, 2.75) is 57.4 Å². The maximum absolute atomic E-state index is 13.5. The molecular weight excluding hydrogens is 544 g/mol. The summed E-state index contributed by atoms with van der Waals surface area (Å²) in [6, 6.07) is 7.88. The Morgan fingerprint density at radius 2 is 1.98 bits per heavy atom. The van der Waals surface area contributed by atoms with E-state index in [0.29, 0.717) is 19.7 Å². The van der Waals surface area contributed by atoms with Crippen molar-refractivity contribution in [2.24, 2.45) is 10.9 Å². The standard InChI is InChI=1S/C26H38N6O7.ClH/c1-2-37-24(34)10-11-32(20-8-9-20)25(35)22(30-26(36)39-17-19-6-4-3-5-7-19)14-23(33)28-15-21-16-31(18-29-27)12-13-38-21;/h3-7,18,20-22H,2,8-17,27H2,1H3,(H,28,33)(H,30,36);1H/t21-,22?;/m0./s1. The van der Waals surface area contributed by atoms with Gasteiger partial charge in [0.2, 0.25) is 11.8 Å². The number of ether oxygens (including phenoxy) is 3. The van der Waals surface area contributed by atoms with Crippen LogP contribution in [0.4, 0.5) is 4.79 Å². The number of hydrazone groups is 1. The molecular formula is C26H39ClN6O7. The molecule has 40 heavy (non-hydrogen) atoms. The van der Waals surface area contributed by atoms with Crippen LogP contribution in [-0.4, -0.2) is 97.6 Å². The third-order valence-corrected chi connectivity index (χ3v) is 6.25. The summed E-state index contributed by atoms with van der Waals surface area (Å²) in [4.78, 5) is 54.3. The van der Waals surface area contributed by atoms with E-state index in [9.17, 15) is 19.2 Å². The Morgan fingerprint density at radius 3 is 2.65 bits per heavy atom. The average Bonchev–Trinajstić information content (AvgIpc) is 3.77. The highest BCUT2D eigenvalue weighted by Gasteiger charge is 2.37. The zero-order valence-electron chi connectivity index (χ0n) is 22.7. The third kappa shape index (κ3) is 11.3. The topological polar surface area (TPSA) is 165 Å². The van der Waals surface area contributed by atoms with Crippen LogP contribution in [0, 0.1) is 0 Å². The second-order valence-electron chi connectivity index (χ2n) is 9.34. The van der Waals surface area contributed by atoms with Gasteiger partial charge in [0.15, 0.2) is 0 Å². The average molecular weight is 583 g/mol. The predicted octanol–water partition coefficient (Wildman–Crippen LogP) is 0.757. The number of benzene rings is 1. The van der Waals surface area contributed by atoms with Crippen LogP contribution in [0.25, 0.3) is 0 Å². The summed E-state index contributed by atoms with van der Waals surface area (Å²) in [7, 11) is 0. The first kappa shape index (κ1) is 32.6. The molecule has 1 aliphatic heterocycles. The van der Waals surface area contributed by atoms with Gasteiger partial charge in [0, 0.05) is 32.2 Å². The summed E-state index contributed by atoms with van der Waals surface area (Å²) in [6.07, 6.45) is 1.70. The minimum absolute atomic E-state index is 0. The summed E-state index contributed by atoms with van der Waals surface area (Å²) >= 11 is 0. The van der Waals surface area contributed by atoms with Gasteiger partial charge < -0.3 is 40.5 Å². The monoisotopic (exact) mass is 582 g/mol. The number of alkyl carbamates (subject to hydrolysis) is 1. The summed E-state index contributed by atoms with van der Waals surface area (Å²) in [5, 5.41) is 8.85. The van der Waals surface area contributed by atoms with Gasteiger partial charge >= 0.3 is 12.1 Å². The zero-order valence-corrected chi connectivity index (χ0v) is 23.5. The molecule has 3 amide bonds. The van der Waals surface area contributed by atoms with Gasteiger partial charge in [-0.3, -0.25) is 14.4 Å². The minimum atomic E-state index is -1.18. The number of hydrogen-bond donors (Lipinski definition) is 3. The van der Waals surface area contributed by atoms with Crippen LogP contribution in [-0.2, 0) is 35.2 Å². The normalized spacial score (nSPS) is 17.3. The molecule has 0 radical (unpaired) electrons.